The number of likely N-dealkylation sites (tertiary alicyclic amines) is 1. The first-order chi connectivity index (χ1) is 20.7. The van der Waals surface area contributed by atoms with Gasteiger partial charge in [0.05, 0.1) is 16.8 Å². The Morgan fingerprint density at radius 2 is 1.74 bits per heavy atom. The molecule has 1 amide bonds. The maximum absolute atomic E-state index is 13.3. The van der Waals surface area contributed by atoms with Gasteiger partial charge in [0.2, 0.25) is 0 Å². The van der Waals surface area contributed by atoms with E-state index in [9.17, 15) is 9.59 Å². The number of imidazole rings is 1. The topological polar surface area (TPSA) is 115 Å². The summed E-state index contributed by atoms with van der Waals surface area (Å²) in [5.41, 5.74) is 3.99. The average Bonchev–Trinajstić information content (AvgIpc) is 3.77. The van der Waals surface area contributed by atoms with Crippen LogP contribution < -0.4 is 5.69 Å². The molecule has 4 aromatic heterocycles. The molecular weight excluding hydrogens is 569 g/mol. The second-order valence-electron chi connectivity index (χ2n) is 9.97. The molecule has 6 aromatic rings. The Bertz CT molecular complexity index is 1900. The van der Waals surface area contributed by atoms with E-state index < -0.39 is 0 Å². The molecule has 0 aliphatic carbocycles. The number of H-pyrrole nitrogens is 1. The zero-order valence-electron chi connectivity index (χ0n) is 22.5. The van der Waals surface area contributed by atoms with E-state index >= 15 is 0 Å². The number of fused-ring (bicyclic) bond motifs is 1. The van der Waals surface area contributed by atoms with Crippen molar-refractivity contribution in [3.8, 4) is 17.1 Å². The number of rotatable bonds is 7. The minimum absolute atomic E-state index is 0.0547. The van der Waals surface area contributed by atoms with E-state index in [0.717, 1.165) is 51.1 Å². The van der Waals surface area contributed by atoms with E-state index in [1.54, 1.807) is 12.4 Å². The minimum Gasteiger partial charge on any atom is -0.337 e. The molecule has 42 heavy (non-hydrogen) atoms. The lowest BCUT2D eigenvalue weighted by atomic mass is 10.0. The highest BCUT2D eigenvalue weighted by Gasteiger charge is 2.28. The van der Waals surface area contributed by atoms with E-state index in [0.29, 0.717) is 24.5 Å². The first-order valence-corrected chi connectivity index (χ1v) is 15.5. The van der Waals surface area contributed by atoms with Crippen molar-refractivity contribution in [3.05, 3.63) is 106 Å². The van der Waals surface area contributed by atoms with Crippen LogP contribution in [-0.4, -0.2) is 58.2 Å². The number of thiazole rings is 1. The number of carbonyl (C=O) groups is 1. The molecule has 0 radical (unpaired) electrons. The summed E-state index contributed by atoms with van der Waals surface area (Å²) in [5, 5.41) is 12.4. The third-order valence-electron chi connectivity index (χ3n) is 7.42. The first-order valence-electron chi connectivity index (χ1n) is 13.6. The number of amides is 1. The van der Waals surface area contributed by atoms with Gasteiger partial charge in [0.1, 0.15) is 10.7 Å². The third-order valence-corrected chi connectivity index (χ3v) is 9.39. The molecule has 1 aliphatic rings. The van der Waals surface area contributed by atoms with Crippen molar-refractivity contribution in [1.29, 1.82) is 0 Å². The van der Waals surface area contributed by atoms with E-state index in [4.69, 9.17) is 0 Å². The Kier molecular flexibility index (Phi) is 7.14. The van der Waals surface area contributed by atoms with Gasteiger partial charge < -0.3 is 9.88 Å². The van der Waals surface area contributed by atoms with E-state index in [2.05, 4.69) is 25.1 Å². The van der Waals surface area contributed by atoms with Gasteiger partial charge in [-0.1, -0.05) is 42.1 Å². The fourth-order valence-electron chi connectivity index (χ4n) is 5.39. The molecule has 12 heteroatoms. The second kappa shape index (κ2) is 11.4. The Labute approximate surface area is 249 Å². The molecular formula is C30H26N8O2S2. The van der Waals surface area contributed by atoms with Crippen LogP contribution in [0.1, 0.15) is 34.4 Å². The number of pyridine rings is 1. The maximum Gasteiger partial charge on any atom is 0.326 e. The molecule has 0 saturated carbocycles. The number of benzene rings is 2. The van der Waals surface area contributed by atoms with Crippen LogP contribution in [0.25, 0.3) is 28.1 Å². The van der Waals surface area contributed by atoms with Crippen molar-refractivity contribution in [3.63, 3.8) is 0 Å². The number of aromatic amines is 1. The summed E-state index contributed by atoms with van der Waals surface area (Å²) >= 11 is 3.01. The Hall–Kier alpha value is -4.55. The third kappa shape index (κ3) is 5.03. The lowest BCUT2D eigenvalue weighted by molar-refractivity contribution is 0.0689. The number of thioether (sulfide) groups is 1. The number of carbonyl (C=O) groups excluding carboxylic acids is 1. The van der Waals surface area contributed by atoms with Crippen LogP contribution in [0.3, 0.4) is 0 Å². The van der Waals surface area contributed by atoms with Crippen LogP contribution in [0.2, 0.25) is 0 Å². The van der Waals surface area contributed by atoms with Crippen LogP contribution in [0.15, 0.2) is 94.5 Å². The van der Waals surface area contributed by atoms with Gasteiger partial charge >= 0.3 is 5.69 Å². The highest BCUT2D eigenvalue weighted by molar-refractivity contribution is 7.98. The molecule has 1 saturated heterocycles. The smallest absolute Gasteiger partial charge is 0.326 e. The van der Waals surface area contributed by atoms with Gasteiger partial charge in [0.15, 0.2) is 11.0 Å². The van der Waals surface area contributed by atoms with Crippen LogP contribution in [0.5, 0.6) is 0 Å². The fourth-order valence-corrected chi connectivity index (χ4v) is 7.13. The molecule has 1 aliphatic heterocycles. The predicted molar refractivity (Wildman–Crippen MR) is 163 cm³/mol. The maximum atomic E-state index is 13.3. The molecule has 0 spiro atoms. The van der Waals surface area contributed by atoms with Crippen molar-refractivity contribution in [2.75, 3.05) is 13.1 Å². The first kappa shape index (κ1) is 26.4. The van der Waals surface area contributed by atoms with E-state index in [1.165, 1.54) is 23.1 Å². The van der Waals surface area contributed by atoms with Gasteiger partial charge in [0.25, 0.3) is 5.91 Å². The summed E-state index contributed by atoms with van der Waals surface area (Å²) < 4.78 is 3.87. The molecule has 0 atom stereocenters. The second-order valence-corrected chi connectivity index (χ2v) is 11.9. The van der Waals surface area contributed by atoms with Gasteiger partial charge in [-0.05, 0) is 49.2 Å². The van der Waals surface area contributed by atoms with Gasteiger partial charge in [-0.15, -0.1) is 21.5 Å². The summed E-state index contributed by atoms with van der Waals surface area (Å²) in [6, 6.07) is 21.6. The fraction of sp³-hybridized carbons (Fsp3) is 0.200. The summed E-state index contributed by atoms with van der Waals surface area (Å²) in [5.74, 6) is 1.23. The van der Waals surface area contributed by atoms with Gasteiger partial charge in [0, 0.05) is 48.2 Å². The molecule has 0 bridgehead atoms. The number of piperidine rings is 1. The molecule has 210 valence electrons. The quantitative estimate of drug-likeness (QED) is 0.253. The van der Waals surface area contributed by atoms with Crippen molar-refractivity contribution >= 4 is 40.0 Å². The van der Waals surface area contributed by atoms with Crippen molar-refractivity contribution < 1.29 is 4.79 Å². The largest absolute Gasteiger partial charge is 0.337 e. The predicted octanol–water partition coefficient (Wildman–Crippen LogP) is 5.20. The van der Waals surface area contributed by atoms with Crippen LogP contribution in [0, 0.1) is 0 Å². The molecule has 7 rings (SSSR count). The number of aromatic nitrogens is 7. The number of nitrogens with one attached hydrogen (secondary N) is 1. The number of nitrogens with zero attached hydrogens (tertiary/aromatic N) is 7. The molecule has 0 unspecified atom stereocenters. The molecule has 5 heterocycles. The summed E-state index contributed by atoms with van der Waals surface area (Å²) in [6.45, 7) is 1.16. The van der Waals surface area contributed by atoms with Gasteiger partial charge in [-0.25, -0.2) is 9.78 Å². The molecule has 1 fully saturated rings. The monoisotopic (exact) mass is 594 g/mol. The lowest BCUT2D eigenvalue weighted by Gasteiger charge is -2.32. The number of para-hydroxylation sites is 3. The van der Waals surface area contributed by atoms with Gasteiger partial charge in [-0.2, -0.15) is 0 Å². The minimum atomic E-state index is -0.0985. The van der Waals surface area contributed by atoms with Crippen molar-refractivity contribution in [2.45, 2.75) is 29.8 Å². The van der Waals surface area contributed by atoms with E-state index in [1.807, 2.05) is 86.1 Å². The zero-order chi connectivity index (χ0) is 28.5. The highest BCUT2D eigenvalue weighted by Crippen LogP contribution is 2.31. The lowest BCUT2D eigenvalue weighted by Crippen LogP contribution is -2.40. The average molecular weight is 595 g/mol. The van der Waals surface area contributed by atoms with Crippen LogP contribution >= 0.6 is 23.1 Å². The number of hydrogen-bond acceptors (Lipinski definition) is 8. The Morgan fingerprint density at radius 3 is 2.55 bits per heavy atom. The summed E-state index contributed by atoms with van der Waals surface area (Å²) in [7, 11) is 0. The van der Waals surface area contributed by atoms with Crippen LogP contribution in [-0.2, 0) is 5.75 Å². The zero-order valence-corrected chi connectivity index (χ0v) is 24.1. The Balaban J connectivity index is 1.03. The molecule has 2 aromatic carbocycles. The van der Waals surface area contributed by atoms with Crippen molar-refractivity contribution in [2.24, 2.45) is 0 Å². The Morgan fingerprint density at radius 1 is 0.976 bits per heavy atom. The van der Waals surface area contributed by atoms with E-state index in [-0.39, 0.29) is 17.6 Å². The standard InChI is InChI=1S/C30H26N8O2S2/c39-28(36-16-12-22(13-17-36)37-25-9-5-4-8-23(25)33-29(37)40)24-18-41-26(32-24)19-42-30-35-34-27(20-10-14-31-15-11-20)38(30)21-6-2-1-3-7-21/h1-11,14-15,18,22H,12-13,16-17,19H2,(H,33,40). The summed E-state index contributed by atoms with van der Waals surface area (Å²) in [4.78, 5) is 39.5. The van der Waals surface area contributed by atoms with Crippen LogP contribution in [0.4, 0.5) is 0 Å². The highest BCUT2D eigenvalue weighted by atomic mass is 32.2. The van der Waals surface area contributed by atoms with Gasteiger partial charge in [-0.3, -0.25) is 18.9 Å². The molecule has 10 nitrogen and oxygen atoms in total. The normalized spacial score (nSPS) is 14.0. The summed E-state index contributed by atoms with van der Waals surface area (Å²) in [6.07, 6.45) is 4.92. The molecule has 1 N–H and O–H groups in total. The SMILES string of the molecule is O=C(c1csc(CSc2nnc(-c3ccncc3)n2-c2ccccc2)n1)N1CCC(n2c(=O)[nH]c3ccccc32)CC1. The van der Waals surface area contributed by atoms with Crippen molar-refractivity contribution in [1.82, 2.24) is 39.2 Å². The number of hydrogen-bond donors (Lipinski definition) is 1.